The number of amides is 1. The lowest BCUT2D eigenvalue weighted by Gasteiger charge is -2.23. The molecule has 2 rings (SSSR count). The Balaban J connectivity index is 2.48. The fourth-order valence-corrected chi connectivity index (χ4v) is 3.54. The molecule has 0 saturated heterocycles. The number of carbonyl (C=O) groups is 1. The summed E-state index contributed by atoms with van der Waals surface area (Å²) in [6.45, 7) is 7.17. The summed E-state index contributed by atoms with van der Waals surface area (Å²) in [5.74, 6) is 0.697. The predicted octanol–water partition coefficient (Wildman–Crippen LogP) is 3.38. The first-order chi connectivity index (χ1) is 10.4. The van der Waals surface area contributed by atoms with Crippen LogP contribution in [0.2, 0.25) is 19.6 Å². The maximum absolute atomic E-state index is 12.5. The maximum atomic E-state index is 12.5. The number of benzene rings is 1. The minimum absolute atomic E-state index is 0.0372. The Kier molecular flexibility index (Phi) is 4.88. The molecule has 0 aliphatic carbocycles. The van der Waals surface area contributed by atoms with Crippen molar-refractivity contribution in [2.45, 2.75) is 19.6 Å². The molecule has 0 spiro atoms. The predicted molar refractivity (Wildman–Crippen MR) is 91.9 cm³/mol. The van der Waals surface area contributed by atoms with Crippen LogP contribution in [-0.2, 0) is 9.53 Å². The lowest BCUT2D eigenvalue weighted by atomic mass is 10.2. The Hall–Kier alpha value is -1.85. The van der Waals surface area contributed by atoms with Gasteiger partial charge in [0.25, 0.3) is 5.91 Å². The van der Waals surface area contributed by atoms with Crippen molar-refractivity contribution >= 4 is 19.7 Å². The molecular formula is C17H23NO3Si. The molecule has 1 heterocycles. The van der Waals surface area contributed by atoms with Crippen molar-refractivity contribution in [1.29, 1.82) is 0 Å². The van der Waals surface area contributed by atoms with Crippen molar-refractivity contribution in [3.63, 3.8) is 0 Å². The number of carbonyl (C=O) groups excluding carboxylic acids is 1. The van der Waals surface area contributed by atoms with Crippen molar-refractivity contribution in [3.8, 4) is 5.75 Å². The average Bonchev–Trinajstić information content (AvgIpc) is 2.73. The fourth-order valence-electron chi connectivity index (χ4n) is 2.40. The number of anilines is 1. The van der Waals surface area contributed by atoms with Gasteiger partial charge >= 0.3 is 0 Å². The Bertz CT molecular complexity index is 629. The minimum Gasteiger partial charge on any atom is -0.497 e. The second-order valence-electron chi connectivity index (χ2n) is 6.37. The van der Waals surface area contributed by atoms with E-state index >= 15 is 0 Å². The number of nitrogens with zero attached hydrogens (tertiary/aromatic N) is 1. The van der Waals surface area contributed by atoms with Crippen molar-refractivity contribution in [3.05, 3.63) is 47.3 Å². The lowest BCUT2D eigenvalue weighted by molar-refractivity contribution is -0.113. The lowest BCUT2D eigenvalue weighted by Crippen LogP contribution is -2.28. The van der Waals surface area contributed by atoms with Crippen LogP contribution in [0.15, 0.2) is 47.3 Å². The molecular weight excluding hydrogens is 294 g/mol. The van der Waals surface area contributed by atoms with E-state index < -0.39 is 8.07 Å². The van der Waals surface area contributed by atoms with Crippen LogP contribution in [0.25, 0.3) is 0 Å². The monoisotopic (exact) mass is 317 g/mol. The molecule has 1 amide bonds. The Morgan fingerprint density at radius 2 is 1.95 bits per heavy atom. The van der Waals surface area contributed by atoms with E-state index in [-0.39, 0.29) is 5.91 Å². The first-order valence-corrected chi connectivity index (χ1v) is 10.8. The van der Waals surface area contributed by atoms with Gasteiger partial charge in [-0.15, -0.1) is 0 Å². The maximum Gasteiger partial charge on any atom is 0.255 e. The molecule has 0 saturated carbocycles. The van der Waals surface area contributed by atoms with Gasteiger partial charge in [-0.05, 0) is 12.1 Å². The Morgan fingerprint density at radius 1 is 1.23 bits per heavy atom. The van der Waals surface area contributed by atoms with Crippen LogP contribution in [-0.4, -0.2) is 34.8 Å². The summed E-state index contributed by atoms with van der Waals surface area (Å²) in [6.07, 6.45) is 1.66. The first-order valence-electron chi connectivity index (χ1n) is 7.26. The normalized spacial score (nSPS) is 17.1. The van der Waals surface area contributed by atoms with Gasteiger partial charge in [0.1, 0.15) is 5.75 Å². The zero-order valence-electron chi connectivity index (χ0n) is 13.8. The molecule has 1 aliphatic heterocycles. The molecule has 1 aromatic carbocycles. The third-order valence-corrected chi connectivity index (χ3v) is 4.41. The van der Waals surface area contributed by atoms with E-state index in [2.05, 4.69) is 25.3 Å². The summed E-state index contributed by atoms with van der Waals surface area (Å²) in [5, 5.41) is 0. The Labute approximate surface area is 133 Å². The molecule has 5 heteroatoms. The summed E-state index contributed by atoms with van der Waals surface area (Å²) in [6, 6.07) is 7.55. The van der Waals surface area contributed by atoms with Crippen molar-refractivity contribution in [2.24, 2.45) is 0 Å². The molecule has 0 radical (unpaired) electrons. The van der Waals surface area contributed by atoms with Crippen LogP contribution in [0.4, 0.5) is 5.69 Å². The molecule has 1 aliphatic rings. The largest absolute Gasteiger partial charge is 0.497 e. The second kappa shape index (κ2) is 6.50. The van der Waals surface area contributed by atoms with E-state index in [4.69, 9.17) is 9.47 Å². The van der Waals surface area contributed by atoms with Gasteiger partial charge in [0.05, 0.1) is 27.5 Å². The van der Waals surface area contributed by atoms with E-state index in [0.717, 1.165) is 22.7 Å². The highest BCUT2D eigenvalue weighted by atomic mass is 28.3. The van der Waals surface area contributed by atoms with E-state index in [1.165, 1.54) is 0 Å². The summed E-state index contributed by atoms with van der Waals surface area (Å²) < 4.78 is 10.5. The SMILES string of the molecule is COCC1=CC(=O)N(c2cccc(OC)c2)/C1=C\[Si](C)(C)C. The van der Waals surface area contributed by atoms with E-state index in [1.807, 2.05) is 24.3 Å². The van der Waals surface area contributed by atoms with Crippen molar-refractivity contribution in [2.75, 3.05) is 25.7 Å². The Morgan fingerprint density at radius 3 is 2.55 bits per heavy atom. The third kappa shape index (κ3) is 3.67. The molecule has 0 N–H and O–H groups in total. The number of hydrogen-bond donors (Lipinski definition) is 0. The van der Waals surface area contributed by atoms with Crippen LogP contribution in [0.3, 0.4) is 0 Å². The molecule has 0 aromatic heterocycles. The van der Waals surface area contributed by atoms with Crippen LogP contribution in [0.5, 0.6) is 5.75 Å². The molecule has 118 valence electrons. The number of ether oxygens (including phenoxy) is 2. The average molecular weight is 317 g/mol. The number of methoxy groups -OCH3 is 2. The van der Waals surface area contributed by atoms with E-state index in [1.54, 1.807) is 25.2 Å². The molecule has 4 nitrogen and oxygen atoms in total. The molecule has 1 aromatic rings. The summed E-state index contributed by atoms with van der Waals surface area (Å²) in [5.41, 5.74) is 4.93. The van der Waals surface area contributed by atoms with Crippen molar-refractivity contribution < 1.29 is 14.3 Å². The van der Waals surface area contributed by atoms with Crippen LogP contribution in [0, 0.1) is 0 Å². The standard InChI is InChI=1S/C17H23NO3Si/c1-20-11-13-9-17(19)18(16(13)12-22(3,4)5)14-7-6-8-15(10-14)21-2/h6-10,12H,11H2,1-5H3/b16-12-. The molecule has 0 fully saturated rings. The van der Waals surface area contributed by atoms with Gasteiger partial charge in [-0.1, -0.05) is 31.4 Å². The quantitative estimate of drug-likeness (QED) is 0.782. The third-order valence-electron chi connectivity index (χ3n) is 3.27. The minimum atomic E-state index is -1.50. The molecule has 22 heavy (non-hydrogen) atoms. The topological polar surface area (TPSA) is 38.8 Å². The summed E-state index contributed by atoms with van der Waals surface area (Å²) in [7, 11) is 1.77. The zero-order valence-corrected chi connectivity index (χ0v) is 14.8. The zero-order chi connectivity index (χ0) is 16.3. The fraction of sp³-hybridized carbons (Fsp3) is 0.353. The van der Waals surface area contributed by atoms with Gasteiger partial charge < -0.3 is 9.47 Å². The van der Waals surface area contributed by atoms with Gasteiger partial charge in [0.15, 0.2) is 0 Å². The van der Waals surface area contributed by atoms with Crippen LogP contribution >= 0.6 is 0 Å². The van der Waals surface area contributed by atoms with Gasteiger partial charge in [0, 0.05) is 30.5 Å². The van der Waals surface area contributed by atoms with Gasteiger partial charge in [-0.3, -0.25) is 9.69 Å². The number of rotatable bonds is 5. The molecule has 0 atom stereocenters. The van der Waals surface area contributed by atoms with Crippen LogP contribution in [0.1, 0.15) is 0 Å². The van der Waals surface area contributed by atoms with Gasteiger partial charge in [0.2, 0.25) is 0 Å². The van der Waals surface area contributed by atoms with Gasteiger partial charge in [-0.2, -0.15) is 0 Å². The molecule has 0 bridgehead atoms. The van der Waals surface area contributed by atoms with Crippen LogP contribution < -0.4 is 9.64 Å². The highest BCUT2D eigenvalue weighted by molar-refractivity contribution is 6.81. The summed E-state index contributed by atoms with van der Waals surface area (Å²) in [4.78, 5) is 14.2. The summed E-state index contributed by atoms with van der Waals surface area (Å²) >= 11 is 0. The highest BCUT2D eigenvalue weighted by Gasteiger charge is 2.30. The second-order valence-corrected chi connectivity index (χ2v) is 11.4. The highest BCUT2D eigenvalue weighted by Crippen LogP contribution is 2.33. The van der Waals surface area contributed by atoms with Crippen molar-refractivity contribution in [1.82, 2.24) is 0 Å². The van der Waals surface area contributed by atoms with Gasteiger partial charge in [-0.25, -0.2) is 0 Å². The van der Waals surface area contributed by atoms with E-state index in [9.17, 15) is 4.79 Å². The smallest absolute Gasteiger partial charge is 0.255 e. The molecule has 0 unspecified atom stereocenters. The number of hydrogen-bond acceptors (Lipinski definition) is 3. The first kappa shape index (κ1) is 16.5. The van der Waals surface area contributed by atoms with E-state index in [0.29, 0.717) is 6.61 Å².